The van der Waals surface area contributed by atoms with Gasteiger partial charge in [0.25, 0.3) is 0 Å². The van der Waals surface area contributed by atoms with Gasteiger partial charge in [0, 0.05) is 19.3 Å². The van der Waals surface area contributed by atoms with Crippen LogP contribution in [0.15, 0.2) is 12.3 Å². The number of amides is 1. The summed E-state index contributed by atoms with van der Waals surface area (Å²) in [5, 5.41) is 6.07. The van der Waals surface area contributed by atoms with Crippen molar-refractivity contribution in [3.05, 3.63) is 17.4 Å². The standard InChI is InChI=1S/C12H19ClN4O2/c1-12(2,3)19-11(18)16-7-4-6-14-10-15-8-5-9(13)17-10/h5,8H,4,6-7H2,1-3H3,(H,16,18)(H,14,15,17). The molecule has 1 aromatic rings. The smallest absolute Gasteiger partial charge is 0.407 e. The maximum absolute atomic E-state index is 11.3. The average molecular weight is 287 g/mol. The predicted octanol–water partition coefficient (Wildman–Crippen LogP) is 2.46. The Morgan fingerprint density at radius 2 is 2.16 bits per heavy atom. The lowest BCUT2D eigenvalue weighted by atomic mass is 10.2. The van der Waals surface area contributed by atoms with Crippen LogP contribution in [0, 0.1) is 0 Å². The number of halogens is 1. The second kappa shape index (κ2) is 7.13. The van der Waals surface area contributed by atoms with Crippen LogP contribution in [0.1, 0.15) is 27.2 Å². The highest BCUT2D eigenvalue weighted by Crippen LogP contribution is 2.06. The zero-order valence-electron chi connectivity index (χ0n) is 11.4. The molecule has 0 bridgehead atoms. The summed E-state index contributed by atoms with van der Waals surface area (Å²) in [5.74, 6) is 0.477. The first kappa shape index (κ1) is 15.5. The Labute approximate surface area is 117 Å². The Balaban J connectivity index is 2.13. The fraction of sp³-hybridized carbons (Fsp3) is 0.583. The molecule has 6 nitrogen and oxygen atoms in total. The van der Waals surface area contributed by atoms with Crippen molar-refractivity contribution in [2.45, 2.75) is 32.8 Å². The molecule has 2 N–H and O–H groups in total. The molecule has 0 spiro atoms. The maximum Gasteiger partial charge on any atom is 0.407 e. The summed E-state index contributed by atoms with van der Waals surface area (Å²) in [7, 11) is 0. The SMILES string of the molecule is CC(C)(C)OC(=O)NCCCNc1nccc(Cl)n1. The molecule has 1 rings (SSSR count). The van der Waals surface area contributed by atoms with Gasteiger partial charge >= 0.3 is 6.09 Å². The van der Waals surface area contributed by atoms with E-state index in [4.69, 9.17) is 16.3 Å². The molecule has 19 heavy (non-hydrogen) atoms. The Kier molecular flexibility index (Phi) is 5.82. The maximum atomic E-state index is 11.3. The number of anilines is 1. The molecular weight excluding hydrogens is 268 g/mol. The van der Waals surface area contributed by atoms with Crippen LogP contribution in [0.3, 0.4) is 0 Å². The van der Waals surface area contributed by atoms with Crippen LogP contribution < -0.4 is 10.6 Å². The number of alkyl carbamates (subject to hydrolysis) is 1. The number of hydrogen-bond acceptors (Lipinski definition) is 5. The summed E-state index contributed by atoms with van der Waals surface area (Å²) >= 11 is 5.72. The molecule has 0 saturated heterocycles. The second-order valence-electron chi connectivity index (χ2n) is 4.91. The van der Waals surface area contributed by atoms with E-state index < -0.39 is 11.7 Å². The van der Waals surface area contributed by atoms with Crippen LogP contribution in [0.4, 0.5) is 10.7 Å². The van der Waals surface area contributed by atoms with Gasteiger partial charge in [-0.05, 0) is 33.3 Å². The lowest BCUT2D eigenvalue weighted by Crippen LogP contribution is -2.33. The molecule has 1 heterocycles. The average Bonchev–Trinajstić information content (AvgIpc) is 2.26. The summed E-state index contributed by atoms with van der Waals surface area (Å²) in [4.78, 5) is 19.3. The highest BCUT2D eigenvalue weighted by atomic mass is 35.5. The van der Waals surface area contributed by atoms with Gasteiger partial charge in [-0.2, -0.15) is 0 Å². The molecule has 0 aliphatic carbocycles. The van der Waals surface area contributed by atoms with Crippen molar-refractivity contribution in [2.24, 2.45) is 0 Å². The van der Waals surface area contributed by atoms with Gasteiger partial charge in [-0.15, -0.1) is 0 Å². The number of nitrogens with one attached hydrogen (secondary N) is 2. The lowest BCUT2D eigenvalue weighted by Gasteiger charge is -2.19. The van der Waals surface area contributed by atoms with Gasteiger partial charge in [0.15, 0.2) is 0 Å². The molecule has 0 aliphatic rings. The van der Waals surface area contributed by atoms with Gasteiger partial charge in [0.2, 0.25) is 5.95 Å². The minimum atomic E-state index is -0.475. The van der Waals surface area contributed by atoms with Crippen LogP contribution in [0.25, 0.3) is 0 Å². The van der Waals surface area contributed by atoms with E-state index in [0.29, 0.717) is 24.2 Å². The van der Waals surface area contributed by atoms with Crippen molar-refractivity contribution in [2.75, 3.05) is 18.4 Å². The molecule has 0 atom stereocenters. The van der Waals surface area contributed by atoms with Crippen molar-refractivity contribution in [3.63, 3.8) is 0 Å². The van der Waals surface area contributed by atoms with Gasteiger partial charge in [0.1, 0.15) is 10.8 Å². The van der Waals surface area contributed by atoms with E-state index in [0.717, 1.165) is 6.42 Å². The quantitative estimate of drug-likeness (QED) is 0.642. The molecule has 0 radical (unpaired) electrons. The first-order valence-corrected chi connectivity index (χ1v) is 6.44. The van der Waals surface area contributed by atoms with Gasteiger partial charge in [-0.25, -0.2) is 14.8 Å². The van der Waals surface area contributed by atoms with E-state index in [1.165, 1.54) is 0 Å². The highest BCUT2D eigenvalue weighted by Gasteiger charge is 2.15. The molecular formula is C12H19ClN4O2. The van der Waals surface area contributed by atoms with Crippen LogP contribution in [0.5, 0.6) is 0 Å². The molecule has 1 aromatic heterocycles. The molecule has 0 fully saturated rings. The molecule has 0 unspecified atom stereocenters. The minimum Gasteiger partial charge on any atom is -0.444 e. The number of rotatable bonds is 5. The monoisotopic (exact) mass is 286 g/mol. The molecule has 106 valence electrons. The Morgan fingerprint density at radius 1 is 1.42 bits per heavy atom. The molecule has 1 amide bonds. The van der Waals surface area contributed by atoms with Gasteiger partial charge in [-0.3, -0.25) is 0 Å². The predicted molar refractivity (Wildman–Crippen MR) is 74.4 cm³/mol. The van der Waals surface area contributed by atoms with Crippen LogP contribution in [0.2, 0.25) is 5.15 Å². The van der Waals surface area contributed by atoms with Crippen LogP contribution in [-0.2, 0) is 4.74 Å². The van der Waals surface area contributed by atoms with Gasteiger partial charge < -0.3 is 15.4 Å². The topological polar surface area (TPSA) is 76.1 Å². The van der Waals surface area contributed by atoms with Gasteiger partial charge in [-0.1, -0.05) is 11.6 Å². The van der Waals surface area contributed by atoms with E-state index in [9.17, 15) is 4.79 Å². The number of aromatic nitrogens is 2. The fourth-order valence-electron chi connectivity index (χ4n) is 1.22. The number of ether oxygens (including phenoxy) is 1. The molecule has 0 aliphatic heterocycles. The van der Waals surface area contributed by atoms with Crippen molar-refractivity contribution in [3.8, 4) is 0 Å². The van der Waals surface area contributed by atoms with Crippen molar-refractivity contribution >= 4 is 23.6 Å². The first-order valence-electron chi connectivity index (χ1n) is 6.06. The van der Waals surface area contributed by atoms with E-state index >= 15 is 0 Å². The number of carbonyl (C=O) groups is 1. The third-order valence-corrected chi connectivity index (χ3v) is 2.14. The van der Waals surface area contributed by atoms with E-state index in [2.05, 4.69) is 20.6 Å². The van der Waals surface area contributed by atoms with Crippen molar-refractivity contribution < 1.29 is 9.53 Å². The van der Waals surface area contributed by atoms with E-state index in [-0.39, 0.29) is 0 Å². The fourth-order valence-corrected chi connectivity index (χ4v) is 1.35. The van der Waals surface area contributed by atoms with Crippen molar-refractivity contribution in [1.82, 2.24) is 15.3 Å². The Hall–Kier alpha value is -1.56. The van der Waals surface area contributed by atoms with E-state index in [1.54, 1.807) is 12.3 Å². The molecule has 0 aromatic carbocycles. The van der Waals surface area contributed by atoms with Crippen LogP contribution >= 0.6 is 11.6 Å². The highest BCUT2D eigenvalue weighted by molar-refractivity contribution is 6.29. The molecule has 7 heteroatoms. The van der Waals surface area contributed by atoms with Crippen LogP contribution in [-0.4, -0.2) is 34.8 Å². The normalized spacial score (nSPS) is 10.9. The zero-order valence-corrected chi connectivity index (χ0v) is 12.1. The van der Waals surface area contributed by atoms with Crippen molar-refractivity contribution in [1.29, 1.82) is 0 Å². The lowest BCUT2D eigenvalue weighted by molar-refractivity contribution is 0.0528. The largest absolute Gasteiger partial charge is 0.444 e. The Morgan fingerprint density at radius 3 is 2.79 bits per heavy atom. The zero-order chi connectivity index (χ0) is 14.3. The first-order chi connectivity index (χ1) is 8.87. The summed E-state index contributed by atoms with van der Waals surface area (Å²) in [6.07, 6.45) is 1.90. The summed E-state index contributed by atoms with van der Waals surface area (Å²) in [6.45, 7) is 6.62. The summed E-state index contributed by atoms with van der Waals surface area (Å²) in [6, 6.07) is 1.61. The second-order valence-corrected chi connectivity index (χ2v) is 5.30. The Bertz CT molecular complexity index is 420. The van der Waals surface area contributed by atoms with E-state index in [1.807, 2.05) is 20.8 Å². The van der Waals surface area contributed by atoms with Gasteiger partial charge in [0.05, 0.1) is 0 Å². The summed E-state index contributed by atoms with van der Waals surface area (Å²) < 4.78 is 5.11. The summed E-state index contributed by atoms with van der Waals surface area (Å²) in [5.41, 5.74) is -0.475. The molecule has 0 saturated carbocycles. The number of hydrogen-bond donors (Lipinski definition) is 2. The third-order valence-electron chi connectivity index (χ3n) is 1.93. The number of nitrogens with zero attached hydrogens (tertiary/aromatic N) is 2. The minimum absolute atomic E-state index is 0.393. The third kappa shape index (κ3) is 7.46. The number of carbonyl (C=O) groups excluding carboxylic acids is 1.